The molecular weight excluding hydrogens is 803 g/mol. The normalized spacial score (nSPS) is 14.9. The molecule has 12 rings (SSSR count). The van der Waals surface area contributed by atoms with Gasteiger partial charge in [-0.3, -0.25) is 0 Å². The summed E-state index contributed by atoms with van der Waals surface area (Å²) in [7, 11) is 0. The number of fused-ring (bicyclic) bond motifs is 6. The maximum Gasteiger partial charge on any atom is 0.0462 e. The molecule has 1 atom stereocenters. The molecule has 0 N–H and O–H groups in total. The standard InChI is InChI=1S/C63H47NS/c1-63(2)59-16-10-9-15-55(59)56-36-27-51(41-60(56)63)47-19-17-46(18-20-47)49-28-37-61-57(39-49)58-40-50(29-38-62(58)65-61)48-25-34-54(35-26-48)64(52-30-21-44(22-31-52)42-11-5-3-6-12-42)53-32-23-45(24-33-53)43-13-7-4-8-14-43/h3-19,21-41,47H,20H2,1-2H3. The van der Waals surface area contributed by atoms with Crippen molar-refractivity contribution in [2.45, 2.75) is 31.6 Å². The van der Waals surface area contributed by atoms with E-state index in [0.717, 1.165) is 23.5 Å². The molecule has 1 aromatic heterocycles. The van der Waals surface area contributed by atoms with E-state index in [1.54, 1.807) is 0 Å². The lowest BCUT2D eigenvalue weighted by molar-refractivity contribution is 0.658. The van der Waals surface area contributed by atoms with Gasteiger partial charge < -0.3 is 4.90 Å². The van der Waals surface area contributed by atoms with Crippen LogP contribution in [0.25, 0.3) is 70.3 Å². The fourth-order valence-corrected chi connectivity index (χ4v) is 11.4. The maximum atomic E-state index is 2.48. The van der Waals surface area contributed by atoms with Gasteiger partial charge in [-0.15, -0.1) is 11.3 Å². The molecule has 310 valence electrons. The number of hydrogen-bond donors (Lipinski definition) is 0. The van der Waals surface area contributed by atoms with Crippen molar-refractivity contribution in [3.05, 3.63) is 253 Å². The molecule has 2 aliphatic rings. The summed E-state index contributed by atoms with van der Waals surface area (Å²) in [5, 5.41) is 2.63. The molecule has 0 saturated heterocycles. The lowest BCUT2D eigenvalue weighted by Crippen LogP contribution is -2.15. The van der Waals surface area contributed by atoms with Crippen LogP contribution in [0.15, 0.2) is 231 Å². The van der Waals surface area contributed by atoms with E-state index in [-0.39, 0.29) is 5.41 Å². The topological polar surface area (TPSA) is 3.24 Å². The second-order valence-electron chi connectivity index (χ2n) is 18.1. The minimum absolute atomic E-state index is 0.0116. The molecule has 10 aromatic rings. The highest BCUT2D eigenvalue weighted by atomic mass is 32.1. The Morgan fingerprint density at radius 2 is 0.908 bits per heavy atom. The molecule has 0 aliphatic heterocycles. The third kappa shape index (κ3) is 7.02. The lowest BCUT2D eigenvalue weighted by atomic mass is 9.80. The number of nitrogens with zero attached hydrogens (tertiary/aromatic N) is 1. The fourth-order valence-electron chi connectivity index (χ4n) is 10.3. The second-order valence-corrected chi connectivity index (χ2v) is 19.2. The van der Waals surface area contributed by atoms with E-state index < -0.39 is 0 Å². The van der Waals surface area contributed by atoms with Crippen LogP contribution in [-0.2, 0) is 5.41 Å². The summed E-state index contributed by atoms with van der Waals surface area (Å²) in [6.07, 6.45) is 8.21. The van der Waals surface area contributed by atoms with Crippen LogP contribution in [0.2, 0.25) is 0 Å². The van der Waals surface area contributed by atoms with Gasteiger partial charge in [0.1, 0.15) is 0 Å². The van der Waals surface area contributed by atoms with Crippen molar-refractivity contribution in [3.8, 4) is 44.5 Å². The predicted molar refractivity (Wildman–Crippen MR) is 279 cm³/mol. The molecule has 0 saturated carbocycles. The summed E-state index contributed by atoms with van der Waals surface area (Å²) < 4.78 is 2.64. The predicted octanol–water partition coefficient (Wildman–Crippen LogP) is 18.0. The zero-order chi connectivity index (χ0) is 43.5. The van der Waals surface area contributed by atoms with Gasteiger partial charge in [0, 0.05) is 48.6 Å². The van der Waals surface area contributed by atoms with Crippen LogP contribution in [0.1, 0.15) is 48.4 Å². The molecule has 1 heterocycles. The monoisotopic (exact) mass is 849 g/mol. The van der Waals surface area contributed by atoms with Crippen LogP contribution < -0.4 is 4.90 Å². The number of thiophene rings is 1. The van der Waals surface area contributed by atoms with Gasteiger partial charge in [0.05, 0.1) is 0 Å². The summed E-state index contributed by atoms with van der Waals surface area (Å²) >= 11 is 1.88. The van der Waals surface area contributed by atoms with E-state index in [9.17, 15) is 0 Å². The van der Waals surface area contributed by atoms with Crippen molar-refractivity contribution in [2.75, 3.05) is 4.90 Å². The quantitative estimate of drug-likeness (QED) is 0.147. The Morgan fingerprint density at radius 1 is 0.431 bits per heavy atom. The molecule has 0 radical (unpaired) electrons. The molecule has 9 aromatic carbocycles. The van der Waals surface area contributed by atoms with Crippen molar-refractivity contribution < 1.29 is 0 Å². The van der Waals surface area contributed by atoms with E-state index in [1.165, 1.54) is 92.5 Å². The maximum absolute atomic E-state index is 2.48. The Balaban J connectivity index is 0.824. The first-order valence-electron chi connectivity index (χ1n) is 22.8. The molecule has 1 unspecified atom stereocenters. The Morgan fingerprint density at radius 3 is 1.48 bits per heavy atom. The number of rotatable bonds is 8. The van der Waals surface area contributed by atoms with Gasteiger partial charge in [-0.2, -0.15) is 0 Å². The number of hydrogen-bond acceptors (Lipinski definition) is 2. The zero-order valence-electron chi connectivity index (χ0n) is 36.6. The van der Waals surface area contributed by atoms with E-state index >= 15 is 0 Å². The molecule has 0 amide bonds. The summed E-state index contributed by atoms with van der Waals surface area (Å²) in [6.45, 7) is 4.74. The second kappa shape index (κ2) is 15.9. The van der Waals surface area contributed by atoms with E-state index in [4.69, 9.17) is 0 Å². The first-order chi connectivity index (χ1) is 31.9. The van der Waals surface area contributed by atoms with Crippen LogP contribution in [-0.4, -0.2) is 0 Å². The van der Waals surface area contributed by atoms with Gasteiger partial charge >= 0.3 is 0 Å². The van der Waals surface area contributed by atoms with Gasteiger partial charge in [-0.25, -0.2) is 0 Å². The third-order valence-electron chi connectivity index (χ3n) is 13.9. The largest absolute Gasteiger partial charge is 0.311 e. The van der Waals surface area contributed by atoms with Gasteiger partial charge in [-0.1, -0.05) is 184 Å². The number of benzene rings is 9. The molecule has 0 fully saturated rings. The van der Waals surface area contributed by atoms with Gasteiger partial charge in [-0.05, 0) is 139 Å². The van der Waals surface area contributed by atoms with Crippen molar-refractivity contribution in [1.29, 1.82) is 0 Å². The first kappa shape index (κ1) is 39.1. The summed E-state index contributed by atoms with van der Waals surface area (Å²) in [4.78, 5) is 2.35. The van der Waals surface area contributed by atoms with Crippen molar-refractivity contribution >= 4 is 54.1 Å². The van der Waals surface area contributed by atoms with Crippen molar-refractivity contribution in [1.82, 2.24) is 0 Å². The molecule has 2 heteroatoms. The highest BCUT2D eigenvalue weighted by molar-refractivity contribution is 7.25. The van der Waals surface area contributed by atoms with Crippen LogP contribution in [0.4, 0.5) is 17.1 Å². The van der Waals surface area contributed by atoms with Gasteiger partial charge in [0.15, 0.2) is 0 Å². The Hall–Kier alpha value is -7.52. The van der Waals surface area contributed by atoms with Crippen LogP contribution >= 0.6 is 11.3 Å². The van der Waals surface area contributed by atoms with Gasteiger partial charge in [0.25, 0.3) is 0 Å². The molecule has 0 spiro atoms. The third-order valence-corrected chi connectivity index (χ3v) is 15.0. The molecular formula is C63H47NS. The minimum Gasteiger partial charge on any atom is -0.311 e. The average molecular weight is 850 g/mol. The first-order valence-corrected chi connectivity index (χ1v) is 23.6. The Labute approximate surface area is 385 Å². The smallest absolute Gasteiger partial charge is 0.0462 e. The van der Waals surface area contributed by atoms with Gasteiger partial charge in [0.2, 0.25) is 0 Å². The highest BCUT2D eigenvalue weighted by Gasteiger charge is 2.35. The zero-order valence-corrected chi connectivity index (χ0v) is 37.4. The SMILES string of the molecule is CC1(C)c2ccccc2-c2ccc(C3C=CC(c4ccc5sc6ccc(-c7ccc(N(c8ccc(-c9ccccc9)cc8)c8ccc(-c9ccccc9)cc8)cc7)cc6c5c4)=CC3)cc21. The fraction of sp³-hybridized carbons (Fsp3) is 0.0794. The van der Waals surface area contributed by atoms with Crippen LogP contribution in [0.3, 0.4) is 0 Å². The van der Waals surface area contributed by atoms with E-state index in [1.807, 2.05) is 11.3 Å². The molecule has 0 bridgehead atoms. The summed E-state index contributed by atoms with van der Waals surface area (Å²) in [5.41, 5.74) is 20.2. The average Bonchev–Trinajstić information content (AvgIpc) is 3.85. The summed E-state index contributed by atoms with van der Waals surface area (Å²) in [6, 6.07) is 78.2. The molecule has 65 heavy (non-hydrogen) atoms. The van der Waals surface area contributed by atoms with Crippen LogP contribution in [0, 0.1) is 0 Å². The molecule has 1 nitrogen and oxygen atoms in total. The van der Waals surface area contributed by atoms with Crippen molar-refractivity contribution in [2.24, 2.45) is 0 Å². The van der Waals surface area contributed by atoms with E-state index in [2.05, 4.69) is 249 Å². The summed E-state index contributed by atoms with van der Waals surface area (Å²) in [5.74, 6) is 0.371. The Bertz CT molecular complexity index is 3360. The minimum atomic E-state index is 0.0116. The lowest BCUT2D eigenvalue weighted by Gasteiger charge is -2.26. The molecule has 2 aliphatic carbocycles. The number of allylic oxidation sites excluding steroid dienone is 4. The Kier molecular flexibility index (Phi) is 9.58. The highest BCUT2D eigenvalue weighted by Crippen LogP contribution is 2.50. The van der Waals surface area contributed by atoms with Crippen LogP contribution in [0.5, 0.6) is 0 Å². The van der Waals surface area contributed by atoms with Crippen molar-refractivity contribution in [3.63, 3.8) is 0 Å². The van der Waals surface area contributed by atoms with E-state index in [0.29, 0.717) is 5.92 Å². The number of anilines is 3.